The van der Waals surface area contributed by atoms with Crippen molar-refractivity contribution in [3.8, 4) is 0 Å². The van der Waals surface area contributed by atoms with Gasteiger partial charge in [0.05, 0.1) is 5.69 Å². The van der Waals surface area contributed by atoms with Gasteiger partial charge in [-0.2, -0.15) is 8.42 Å². The minimum absolute atomic E-state index is 0.317. The highest BCUT2D eigenvalue weighted by atomic mass is 32.2. The third-order valence-corrected chi connectivity index (χ3v) is 4.85. The topological polar surface area (TPSA) is 50.3 Å². The number of para-hydroxylation sites is 1. The van der Waals surface area contributed by atoms with E-state index < -0.39 is 20.9 Å². The molecule has 1 aromatic carbocycles. The molecule has 0 saturated carbocycles. The van der Waals surface area contributed by atoms with Crippen molar-refractivity contribution in [1.82, 2.24) is 4.98 Å². The molecular weight excluding hydrogens is 267 g/mol. The molecular formula is C13H11FN2O2S. The van der Waals surface area contributed by atoms with Gasteiger partial charge >= 0.3 is 0 Å². The highest BCUT2D eigenvalue weighted by Gasteiger charge is 2.33. The van der Waals surface area contributed by atoms with Crippen LogP contribution in [0.15, 0.2) is 47.6 Å². The largest absolute Gasteiger partial charge is 0.284 e. The molecule has 0 unspecified atom stereocenters. The summed E-state index contributed by atoms with van der Waals surface area (Å²) < 4.78 is 39.7. The van der Waals surface area contributed by atoms with Crippen LogP contribution in [-0.2, 0) is 16.4 Å². The van der Waals surface area contributed by atoms with Crippen molar-refractivity contribution < 1.29 is 12.8 Å². The van der Waals surface area contributed by atoms with Crippen molar-refractivity contribution in [1.29, 1.82) is 0 Å². The molecule has 0 spiro atoms. The molecule has 2 aromatic rings. The molecule has 0 bridgehead atoms. The van der Waals surface area contributed by atoms with E-state index in [0.29, 0.717) is 18.7 Å². The second kappa shape index (κ2) is 4.31. The summed E-state index contributed by atoms with van der Waals surface area (Å²) in [6, 6.07) is 9.69. The Morgan fingerprint density at radius 2 is 1.95 bits per heavy atom. The van der Waals surface area contributed by atoms with E-state index in [1.54, 1.807) is 12.1 Å². The molecule has 2 heterocycles. The quantitative estimate of drug-likeness (QED) is 0.844. The second-order valence-corrected chi connectivity index (χ2v) is 6.02. The minimum Gasteiger partial charge on any atom is -0.264 e. The summed E-state index contributed by atoms with van der Waals surface area (Å²) in [4.78, 5) is 3.66. The van der Waals surface area contributed by atoms with E-state index in [1.165, 1.54) is 16.6 Å². The van der Waals surface area contributed by atoms with Crippen molar-refractivity contribution in [2.45, 2.75) is 11.4 Å². The summed E-state index contributed by atoms with van der Waals surface area (Å²) >= 11 is 0. The summed E-state index contributed by atoms with van der Waals surface area (Å²) in [6.07, 6.45) is 1.90. The van der Waals surface area contributed by atoms with Gasteiger partial charge in [0.1, 0.15) is 0 Å². The van der Waals surface area contributed by atoms with Crippen LogP contribution < -0.4 is 4.31 Å². The predicted molar refractivity (Wildman–Crippen MR) is 68.9 cm³/mol. The summed E-state index contributed by atoms with van der Waals surface area (Å²) in [5.41, 5.74) is 1.55. The zero-order valence-corrected chi connectivity index (χ0v) is 10.8. The molecule has 0 amide bonds. The van der Waals surface area contributed by atoms with Gasteiger partial charge in [0.25, 0.3) is 10.0 Å². The molecule has 6 heteroatoms. The van der Waals surface area contributed by atoms with Crippen LogP contribution in [0.3, 0.4) is 0 Å². The first-order chi connectivity index (χ1) is 9.10. The van der Waals surface area contributed by atoms with Gasteiger partial charge in [-0.05, 0) is 30.2 Å². The smallest absolute Gasteiger partial charge is 0.264 e. The standard InChI is InChI=1S/C13H11FN2O2S/c14-11-5-3-8-15-13(11)19(17,18)16-9-7-10-4-1-2-6-12(10)16/h1-6,8H,7,9H2. The van der Waals surface area contributed by atoms with Crippen molar-refractivity contribution >= 4 is 15.7 Å². The van der Waals surface area contributed by atoms with E-state index in [1.807, 2.05) is 12.1 Å². The van der Waals surface area contributed by atoms with Gasteiger partial charge in [0.15, 0.2) is 5.82 Å². The van der Waals surface area contributed by atoms with Crippen LogP contribution in [0.4, 0.5) is 10.1 Å². The minimum atomic E-state index is -3.94. The zero-order chi connectivity index (χ0) is 13.5. The molecule has 1 aliphatic rings. The van der Waals surface area contributed by atoms with Crippen LogP contribution in [0.5, 0.6) is 0 Å². The van der Waals surface area contributed by atoms with E-state index >= 15 is 0 Å². The lowest BCUT2D eigenvalue weighted by atomic mass is 10.2. The number of hydrogen-bond acceptors (Lipinski definition) is 3. The zero-order valence-electron chi connectivity index (χ0n) is 9.95. The lowest BCUT2D eigenvalue weighted by Crippen LogP contribution is -2.30. The van der Waals surface area contributed by atoms with Gasteiger partial charge in [-0.25, -0.2) is 9.37 Å². The molecule has 1 aromatic heterocycles. The molecule has 0 fully saturated rings. The van der Waals surface area contributed by atoms with Crippen molar-refractivity contribution in [3.63, 3.8) is 0 Å². The fourth-order valence-corrected chi connectivity index (χ4v) is 3.71. The first kappa shape index (κ1) is 12.1. The van der Waals surface area contributed by atoms with Gasteiger partial charge in [-0.15, -0.1) is 0 Å². The molecule has 19 heavy (non-hydrogen) atoms. The van der Waals surface area contributed by atoms with E-state index in [-0.39, 0.29) is 0 Å². The first-order valence-electron chi connectivity index (χ1n) is 5.82. The highest BCUT2D eigenvalue weighted by molar-refractivity contribution is 7.92. The number of sulfonamides is 1. The Kier molecular flexibility index (Phi) is 2.74. The average Bonchev–Trinajstić information content (AvgIpc) is 2.83. The summed E-state index contributed by atoms with van der Waals surface area (Å²) in [7, 11) is -3.94. The second-order valence-electron chi connectivity index (χ2n) is 4.25. The number of fused-ring (bicyclic) bond motifs is 1. The van der Waals surface area contributed by atoms with Crippen molar-refractivity contribution in [2.24, 2.45) is 0 Å². The Labute approximate surface area is 110 Å². The van der Waals surface area contributed by atoms with E-state index in [4.69, 9.17) is 0 Å². The number of nitrogens with zero attached hydrogens (tertiary/aromatic N) is 2. The molecule has 0 N–H and O–H groups in total. The molecule has 0 atom stereocenters. The molecule has 0 saturated heterocycles. The molecule has 4 nitrogen and oxygen atoms in total. The molecule has 0 aliphatic carbocycles. The van der Waals surface area contributed by atoms with E-state index in [9.17, 15) is 12.8 Å². The Morgan fingerprint density at radius 1 is 1.16 bits per heavy atom. The van der Waals surface area contributed by atoms with Crippen LogP contribution in [-0.4, -0.2) is 19.9 Å². The number of benzene rings is 1. The number of hydrogen-bond donors (Lipinski definition) is 0. The summed E-state index contributed by atoms with van der Waals surface area (Å²) in [5.74, 6) is -0.827. The highest BCUT2D eigenvalue weighted by Crippen LogP contribution is 2.32. The Hall–Kier alpha value is -1.95. The van der Waals surface area contributed by atoms with Crippen LogP contribution in [0.2, 0.25) is 0 Å². The van der Waals surface area contributed by atoms with Gasteiger partial charge < -0.3 is 0 Å². The maximum Gasteiger partial charge on any atom is 0.284 e. The Balaban J connectivity index is 2.11. The van der Waals surface area contributed by atoms with Gasteiger partial charge in [0, 0.05) is 12.7 Å². The SMILES string of the molecule is O=S(=O)(c1ncccc1F)N1CCc2ccccc21. The maximum absolute atomic E-state index is 13.6. The fourth-order valence-electron chi connectivity index (χ4n) is 2.22. The molecule has 1 aliphatic heterocycles. The molecule has 0 radical (unpaired) electrons. The summed E-state index contributed by atoms with van der Waals surface area (Å²) in [5, 5.41) is -0.522. The molecule has 98 valence electrons. The van der Waals surface area contributed by atoms with E-state index in [2.05, 4.69) is 4.98 Å². The average molecular weight is 278 g/mol. The van der Waals surface area contributed by atoms with Crippen molar-refractivity contribution in [3.05, 3.63) is 54.0 Å². The van der Waals surface area contributed by atoms with Crippen LogP contribution in [0.25, 0.3) is 0 Å². The predicted octanol–water partition coefficient (Wildman–Crippen LogP) is 1.97. The van der Waals surface area contributed by atoms with Gasteiger partial charge in [-0.1, -0.05) is 18.2 Å². The summed E-state index contributed by atoms with van der Waals surface area (Å²) in [6.45, 7) is 0.317. The van der Waals surface area contributed by atoms with Gasteiger partial charge in [-0.3, -0.25) is 4.31 Å². The van der Waals surface area contributed by atoms with Crippen LogP contribution in [0, 0.1) is 5.82 Å². The number of halogens is 1. The third-order valence-electron chi connectivity index (χ3n) is 3.10. The van der Waals surface area contributed by atoms with Crippen molar-refractivity contribution in [2.75, 3.05) is 10.8 Å². The number of rotatable bonds is 2. The lowest BCUT2D eigenvalue weighted by Gasteiger charge is -2.18. The number of anilines is 1. The Bertz CT molecular complexity index is 731. The van der Waals surface area contributed by atoms with Crippen LogP contribution in [0.1, 0.15) is 5.56 Å². The fraction of sp³-hybridized carbons (Fsp3) is 0.154. The lowest BCUT2D eigenvalue weighted by molar-refractivity contribution is 0.551. The third kappa shape index (κ3) is 1.88. The first-order valence-corrected chi connectivity index (χ1v) is 7.26. The Morgan fingerprint density at radius 3 is 2.74 bits per heavy atom. The number of pyridine rings is 1. The monoisotopic (exact) mass is 278 g/mol. The van der Waals surface area contributed by atoms with E-state index in [0.717, 1.165) is 11.6 Å². The maximum atomic E-state index is 13.6. The molecule has 3 rings (SSSR count). The van der Waals surface area contributed by atoms with Gasteiger partial charge in [0.2, 0.25) is 5.03 Å². The number of aromatic nitrogens is 1. The van der Waals surface area contributed by atoms with Crippen LogP contribution >= 0.6 is 0 Å². The normalized spacial score (nSPS) is 14.5.